The highest BCUT2D eigenvalue weighted by Crippen LogP contribution is 2.48. The molecule has 0 saturated heterocycles. The third-order valence-corrected chi connectivity index (χ3v) is 16.8. The van der Waals surface area contributed by atoms with E-state index >= 15 is 0 Å². The van der Waals surface area contributed by atoms with Gasteiger partial charge in [-0.05, 0) is 148 Å². The minimum absolute atomic E-state index is 0.707. The third kappa shape index (κ3) is 10.5. The highest BCUT2D eigenvalue weighted by atomic mass is 16.5. The first-order valence-electron chi connectivity index (χ1n) is 29.7. The largest absolute Gasteiger partial charge is 0.497 e. The van der Waals surface area contributed by atoms with Gasteiger partial charge in [-0.1, -0.05) is 158 Å². The lowest BCUT2D eigenvalue weighted by Gasteiger charge is -2.31. The minimum Gasteiger partial charge on any atom is -0.497 e. The molecule has 8 heteroatoms. The number of hydrogen-bond donors (Lipinski definition) is 0. The molecule has 0 aliphatic heterocycles. The van der Waals surface area contributed by atoms with Gasteiger partial charge < -0.3 is 38.5 Å². The fraction of sp³-hybridized carbons (Fsp3) is 0.0750. The number of methoxy groups -OCH3 is 4. The summed E-state index contributed by atoms with van der Waals surface area (Å²) in [5, 5.41) is 6.90. The summed E-state index contributed by atoms with van der Waals surface area (Å²) in [5.41, 5.74) is 17.2. The average molecular weight is 1150 g/mol. The van der Waals surface area contributed by atoms with Crippen molar-refractivity contribution in [2.45, 2.75) is 12.8 Å². The Kier molecular flexibility index (Phi) is 14.9. The van der Waals surface area contributed by atoms with Crippen LogP contribution in [0.25, 0.3) is 49.5 Å². The number of fused-ring (bicyclic) bond motifs is 4. The van der Waals surface area contributed by atoms with Crippen molar-refractivity contribution in [2.75, 3.05) is 48.0 Å². The molecule has 0 spiro atoms. The van der Waals surface area contributed by atoms with Crippen molar-refractivity contribution in [2.24, 2.45) is 0 Å². The zero-order valence-electron chi connectivity index (χ0n) is 49.5. The lowest BCUT2D eigenvalue weighted by molar-refractivity contribution is 0.394. The molecule has 0 N–H and O–H groups in total. The summed E-state index contributed by atoms with van der Waals surface area (Å²) in [6.07, 6.45) is 6.49. The van der Waals surface area contributed by atoms with Gasteiger partial charge in [-0.15, -0.1) is 0 Å². The van der Waals surface area contributed by atoms with Gasteiger partial charge >= 0.3 is 0 Å². The van der Waals surface area contributed by atoms with Crippen LogP contribution in [0.3, 0.4) is 0 Å². The van der Waals surface area contributed by atoms with Gasteiger partial charge in [0.1, 0.15) is 23.0 Å². The van der Waals surface area contributed by atoms with Crippen molar-refractivity contribution in [1.82, 2.24) is 0 Å². The fourth-order valence-corrected chi connectivity index (χ4v) is 12.5. The molecule has 1 aliphatic carbocycles. The van der Waals surface area contributed by atoms with E-state index in [1.165, 1.54) is 22.2 Å². The average Bonchev–Trinajstić information content (AvgIpc) is 1.59. The number of ether oxygens (including phenoxy) is 4. The number of rotatable bonds is 17. The summed E-state index contributed by atoms with van der Waals surface area (Å²) < 4.78 is 23.3. The van der Waals surface area contributed by atoms with Crippen molar-refractivity contribution < 1.29 is 18.9 Å². The first-order valence-corrected chi connectivity index (χ1v) is 29.7. The topological polar surface area (TPSA) is 49.9 Å². The normalized spacial score (nSPS) is 11.7. The van der Waals surface area contributed by atoms with Crippen LogP contribution in [0.2, 0.25) is 0 Å². The molecule has 14 rings (SSSR count). The molecule has 0 amide bonds. The van der Waals surface area contributed by atoms with E-state index in [2.05, 4.69) is 299 Å². The minimum atomic E-state index is 0.707. The molecule has 0 aromatic heterocycles. The van der Waals surface area contributed by atoms with Crippen molar-refractivity contribution in [3.63, 3.8) is 0 Å². The maximum Gasteiger partial charge on any atom is 0.124 e. The number of nitrogens with zero attached hydrogens (tertiary/aromatic N) is 4. The predicted octanol–water partition coefficient (Wildman–Crippen LogP) is 21.7. The Bertz CT molecular complexity index is 4640. The van der Waals surface area contributed by atoms with E-state index < -0.39 is 0 Å². The highest BCUT2D eigenvalue weighted by molar-refractivity contribution is 6.02. The van der Waals surface area contributed by atoms with Gasteiger partial charge in [-0.2, -0.15) is 0 Å². The SMILES string of the molecule is COc1cc(OC)cc(N(c2ccc(N(c3ccc(-c4ccc(N(c5ccc(N(c6cc(OC)cc(OC)c6)c6cccc7ccccc67)cc5)c5cccc6ccccc56)cc4)cc3)c3cccc4c3CCC=C4)cc2)c2cccc3ccccc23)c1. The Morgan fingerprint density at radius 1 is 0.273 bits per heavy atom. The maximum absolute atomic E-state index is 5.82. The molecule has 13 aromatic rings. The number of hydrogen-bond acceptors (Lipinski definition) is 8. The lowest BCUT2D eigenvalue weighted by atomic mass is 9.94. The van der Waals surface area contributed by atoms with Gasteiger partial charge in [0.15, 0.2) is 0 Å². The summed E-state index contributed by atoms with van der Waals surface area (Å²) in [6, 6.07) is 99.6. The maximum atomic E-state index is 5.82. The molecule has 428 valence electrons. The van der Waals surface area contributed by atoms with Crippen molar-refractivity contribution in [1.29, 1.82) is 0 Å². The van der Waals surface area contributed by atoms with Gasteiger partial charge in [0.2, 0.25) is 0 Å². The Morgan fingerprint density at radius 3 is 0.932 bits per heavy atom. The van der Waals surface area contributed by atoms with Gasteiger partial charge in [0.05, 0.1) is 56.9 Å². The zero-order valence-corrected chi connectivity index (χ0v) is 49.5. The zero-order chi connectivity index (χ0) is 59.5. The molecule has 0 saturated carbocycles. The molecule has 0 unspecified atom stereocenters. The van der Waals surface area contributed by atoms with E-state index in [-0.39, 0.29) is 0 Å². The molecule has 0 atom stereocenters. The first kappa shape index (κ1) is 54.7. The molecular weight excluding hydrogens is 1080 g/mol. The van der Waals surface area contributed by atoms with E-state index in [9.17, 15) is 0 Å². The highest BCUT2D eigenvalue weighted by Gasteiger charge is 2.24. The van der Waals surface area contributed by atoms with E-state index in [4.69, 9.17) is 18.9 Å². The summed E-state index contributed by atoms with van der Waals surface area (Å²) >= 11 is 0. The molecular formula is C80H64N4O4. The van der Waals surface area contributed by atoms with Gasteiger partial charge in [-0.25, -0.2) is 0 Å². The van der Waals surface area contributed by atoms with Crippen LogP contribution in [0.15, 0.2) is 285 Å². The Balaban J connectivity index is 0.824. The first-order chi connectivity index (χ1) is 43.4. The molecule has 0 heterocycles. The van der Waals surface area contributed by atoms with E-state index in [0.29, 0.717) is 23.0 Å². The Labute approximate surface area is 514 Å². The van der Waals surface area contributed by atoms with E-state index in [0.717, 1.165) is 113 Å². The van der Waals surface area contributed by atoms with Crippen molar-refractivity contribution in [3.05, 3.63) is 296 Å². The van der Waals surface area contributed by atoms with Crippen LogP contribution in [-0.4, -0.2) is 28.4 Å². The van der Waals surface area contributed by atoms with Gasteiger partial charge in [0.25, 0.3) is 0 Å². The summed E-state index contributed by atoms with van der Waals surface area (Å²) in [4.78, 5) is 9.35. The molecule has 0 fully saturated rings. The second kappa shape index (κ2) is 24.0. The standard InChI is InChI=1S/C80H64N4O4/c1-85-69-49-67(50-70(53-69)86-2)83(79-31-15-23-59-19-7-11-27-75(59)79)65-45-41-63(42-46-65)81(77-29-13-21-57-17-5-9-25-73(57)77)61-37-33-55(34-38-61)56-35-39-62(40-36-56)82(78-30-14-22-58-18-6-10-26-74(58)78)64-43-47-66(48-44-64)84(68-51-71(87-3)54-72(52-68)88-4)80-32-16-24-60-20-8-12-28-76(60)80/h5-9,11-25,27-54H,10,26H2,1-4H3. The smallest absolute Gasteiger partial charge is 0.124 e. The monoisotopic (exact) mass is 1140 g/mol. The van der Waals surface area contributed by atoms with Gasteiger partial charge in [-0.3, -0.25) is 0 Å². The van der Waals surface area contributed by atoms with Crippen LogP contribution in [0.4, 0.5) is 68.2 Å². The third-order valence-electron chi connectivity index (χ3n) is 16.8. The molecule has 8 nitrogen and oxygen atoms in total. The predicted molar refractivity (Wildman–Crippen MR) is 367 cm³/mol. The molecule has 88 heavy (non-hydrogen) atoms. The molecule has 0 bridgehead atoms. The van der Waals surface area contributed by atoms with Crippen molar-refractivity contribution >= 4 is 107 Å². The second-order valence-electron chi connectivity index (χ2n) is 21.9. The second-order valence-corrected chi connectivity index (χ2v) is 21.9. The summed E-state index contributed by atoms with van der Waals surface area (Å²) in [6.45, 7) is 0. The van der Waals surface area contributed by atoms with E-state index in [1.807, 2.05) is 12.1 Å². The summed E-state index contributed by atoms with van der Waals surface area (Å²) in [7, 11) is 6.76. The lowest BCUT2D eigenvalue weighted by Crippen LogP contribution is -2.14. The van der Waals surface area contributed by atoms with Crippen molar-refractivity contribution in [3.8, 4) is 34.1 Å². The Morgan fingerprint density at radius 2 is 0.568 bits per heavy atom. The van der Waals surface area contributed by atoms with Crippen LogP contribution in [0, 0.1) is 0 Å². The number of benzene rings is 13. The number of allylic oxidation sites excluding steroid dienone is 1. The quantitative estimate of drug-likeness (QED) is 0.0894. The Hall–Kier alpha value is -11.2. The van der Waals surface area contributed by atoms with E-state index in [1.54, 1.807) is 28.4 Å². The van der Waals surface area contributed by atoms with Crippen LogP contribution >= 0.6 is 0 Å². The van der Waals surface area contributed by atoms with Gasteiger partial charge in [0, 0.05) is 92.4 Å². The summed E-state index contributed by atoms with van der Waals surface area (Å²) in [5.74, 6) is 2.84. The van der Waals surface area contributed by atoms with Crippen LogP contribution in [-0.2, 0) is 6.42 Å². The molecule has 1 aliphatic rings. The van der Waals surface area contributed by atoms with Crippen LogP contribution in [0.5, 0.6) is 23.0 Å². The molecule has 13 aromatic carbocycles. The fourth-order valence-electron chi connectivity index (χ4n) is 12.5. The molecule has 0 radical (unpaired) electrons. The van der Waals surface area contributed by atoms with Crippen LogP contribution in [0.1, 0.15) is 17.5 Å². The number of anilines is 12. The van der Waals surface area contributed by atoms with Crippen LogP contribution < -0.4 is 38.5 Å².